The average molecular weight is 427 g/mol. The minimum atomic E-state index is -0.631. The Morgan fingerprint density at radius 1 is 1.20 bits per heavy atom. The monoisotopic (exact) mass is 426 g/mol. The summed E-state index contributed by atoms with van der Waals surface area (Å²) in [6, 6.07) is 7.69. The minimum absolute atomic E-state index is 0.0974. The second kappa shape index (κ2) is 9.25. The summed E-state index contributed by atoms with van der Waals surface area (Å²) in [5.41, 5.74) is 2.09. The number of anilines is 1. The molecular weight excluding hydrogens is 400 g/mol. The van der Waals surface area contributed by atoms with Crippen molar-refractivity contribution >= 4 is 30.0 Å². The molecule has 1 unspecified atom stereocenters. The first-order chi connectivity index (χ1) is 14.3. The average Bonchev–Trinajstić information content (AvgIpc) is 2.73. The number of hydrogen-bond acceptors (Lipinski definition) is 7. The predicted molar refractivity (Wildman–Crippen MR) is 120 cm³/mol. The number of aromatic nitrogens is 3. The van der Waals surface area contributed by atoms with E-state index in [1.807, 2.05) is 24.5 Å². The molecular formula is C21H26N6O2S. The summed E-state index contributed by atoms with van der Waals surface area (Å²) < 4.78 is 5.91. The van der Waals surface area contributed by atoms with Gasteiger partial charge in [-0.05, 0) is 35.4 Å². The van der Waals surface area contributed by atoms with Gasteiger partial charge in [-0.15, -0.1) is 11.8 Å². The molecule has 3 rings (SSSR count). The quantitative estimate of drug-likeness (QED) is 0.682. The summed E-state index contributed by atoms with van der Waals surface area (Å²) >= 11 is 1.51. The third kappa shape index (κ3) is 5.79. The SMILES string of the molecule is CSC1(NC(=O)Nc2ncncn2)C=C(COc2ccc(C(C)(C)C)cc2)N=CC1. The van der Waals surface area contributed by atoms with Crippen LogP contribution < -0.4 is 15.4 Å². The lowest BCUT2D eigenvalue weighted by Crippen LogP contribution is -2.47. The van der Waals surface area contributed by atoms with Gasteiger partial charge in [-0.1, -0.05) is 32.9 Å². The molecule has 2 aromatic rings. The molecule has 8 nitrogen and oxygen atoms in total. The van der Waals surface area contributed by atoms with Crippen LogP contribution in [0.2, 0.25) is 0 Å². The van der Waals surface area contributed by atoms with E-state index < -0.39 is 10.9 Å². The number of urea groups is 1. The van der Waals surface area contributed by atoms with Gasteiger partial charge in [0, 0.05) is 12.6 Å². The Balaban J connectivity index is 1.63. The zero-order valence-electron chi connectivity index (χ0n) is 17.5. The highest BCUT2D eigenvalue weighted by Gasteiger charge is 2.31. The van der Waals surface area contributed by atoms with Gasteiger partial charge < -0.3 is 10.1 Å². The fraction of sp³-hybridized carbons (Fsp3) is 0.381. The molecule has 9 heteroatoms. The molecule has 0 radical (unpaired) electrons. The maximum absolute atomic E-state index is 12.4. The number of aliphatic imine (C=N–C) groups is 1. The molecule has 0 fully saturated rings. The number of rotatable bonds is 6. The summed E-state index contributed by atoms with van der Waals surface area (Å²) in [5, 5.41) is 5.58. The van der Waals surface area contributed by atoms with E-state index in [1.54, 1.807) is 6.21 Å². The van der Waals surface area contributed by atoms with Gasteiger partial charge in [-0.2, -0.15) is 0 Å². The zero-order valence-corrected chi connectivity index (χ0v) is 18.4. The van der Waals surface area contributed by atoms with Crippen molar-refractivity contribution in [2.75, 3.05) is 18.2 Å². The number of hydrogen-bond donors (Lipinski definition) is 2. The molecule has 158 valence electrons. The van der Waals surface area contributed by atoms with Crippen molar-refractivity contribution in [3.05, 3.63) is 54.3 Å². The van der Waals surface area contributed by atoms with Crippen molar-refractivity contribution in [2.24, 2.45) is 4.99 Å². The van der Waals surface area contributed by atoms with Crippen molar-refractivity contribution in [3.8, 4) is 5.75 Å². The van der Waals surface area contributed by atoms with Gasteiger partial charge in [0.2, 0.25) is 5.95 Å². The number of ether oxygens (including phenoxy) is 1. The maximum atomic E-state index is 12.4. The minimum Gasteiger partial charge on any atom is -0.487 e. The van der Waals surface area contributed by atoms with E-state index in [4.69, 9.17) is 4.74 Å². The van der Waals surface area contributed by atoms with E-state index in [0.717, 1.165) is 11.4 Å². The smallest absolute Gasteiger partial charge is 0.322 e. The molecule has 2 amide bonds. The number of amides is 2. The lowest BCUT2D eigenvalue weighted by Gasteiger charge is -2.31. The molecule has 2 N–H and O–H groups in total. The van der Waals surface area contributed by atoms with E-state index in [2.05, 4.69) is 63.5 Å². The first-order valence-electron chi connectivity index (χ1n) is 9.54. The second-order valence-electron chi connectivity index (χ2n) is 7.85. The van der Waals surface area contributed by atoms with Crippen molar-refractivity contribution in [1.29, 1.82) is 0 Å². The molecule has 2 heterocycles. The van der Waals surface area contributed by atoms with E-state index >= 15 is 0 Å². The molecule has 30 heavy (non-hydrogen) atoms. The van der Waals surface area contributed by atoms with Crippen molar-refractivity contribution in [2.45, 2.75) is 37.5 Å². The molecule has 1 aliphatic rings. The molecule has 0 bridgehead atoms. The summed E-state index contributed by atoms with van der Waals surface area (Å²) in [4.78, 5) is 27.7. The molecule has 1 aromatic heterocycles. The van der Waals surface area contributed by atoms with Gasteiger partial charge in [0.25, 0.3) is 0 Å². The largest absolute Gasteiger partial charge is 0.487 e. The maximum Gasteiger partial charge on any atom is 0.322 e. The van der Waals surface area contributed by atoms with Gasteiger partial charge in [-0.25, -0.2) is 19.7 Å². The third-order valence-electron chi connectivity index (χ3n) is 4.57. The molecule has 1 atom stereocenters. The van der Waals surface area contributed by atoms with Crippen LogP contribution in [0.1, 0.15) is 32.8 Å². The highest BCUT2D eigenvalue weighted by molar-refractivity contribution is 8.00. The number of carbonyl (C=O) groups is 1. The fourth-order valence-corrected chi connectivity index (χ4v) is 3.55. The van der Waals surface area contributed by atoms with Gasteiger partial charge in [0.15, 0.2) is 0 Å². The lowest BCUT2D eigenvalue weighted by atomic mass is 9.87. The Labute approximate surface area is 180 Å². The number of thioether (sulfide) groups is 1. The van der Waals surface area contributed by atoms with Crippen LogP contribution in [-0.4, -0.2) is 44.9 Å². The van der Waals surface area contributed by atoms with E-state index in [0.29, 0.717) is 13.0 Å². The normalized spacial score (nSPS) is 18.5. The van der Waals surface area contributed by atoms with Gasteiger partial charge in [-0.3, -0.25) is 10.3 Å². The van der Waals surface area contributed by atoms with Crippen molar-refractivity contribution in [3.63, 3.8) is 0 Å². The van der Waals surface area contributed by atoms with Crippen molar-refractivity contribution in [1.82, 2.24) is 20.3 Å². The van der Waals surface area contributed by atoms with Crippen LogP contribution in [0, 0.1) is 0 Å². The summed E-state index contributed by atoms with van der Waals surface area (Å²) in [5.74, 6) is 0.967. The second-order valence-corrected chi connectivity index (χ2v) is 8.99. The number of nitrogens with one attached hydrogen (secondary N) is 2. The zero-order chi connectivity index (χ0) is 21.6. The van der Waals surface area contributed by atoms with Crippen LogP contribution in [0.25, 0.3) is 0 Å². The first kappa shape index (κ1) is 21.8. The molecule has 1 aliphatic heterocycles. The Hall–Kier alpha value is -2.94. The molecule has 0 aliphatic carbocycles. The third-order valence-corrected chi connectivity index (χ3v) is 5.68. The van der Waals surface area contributed by atoms with Gasteiger partial charge in [0.05, 0.1) is 5.70 Å². The Kier molecular flexibility index (Phi) is 6.71. The predicted octanol–water partition coefficient (Wildman–Crippen LogP) is 3.79. The topological polar surface area (TPSA) is 101 Å². The van der Waals surface area contributed by atoms with Gasteiger partial charge in [0.1, 0.15) is 29.9 Å². The highest BCUT2D eigenvalue weighted by Crippen LogP contribution is 2.30. The lowest BCUT2D eigenvalue weighted by molar-refractivity contribution is 0.249. The van der Waals surface area contributed by atoms with Crippen LogP contribution in [0.4, 0.5) is 10.7 Å². The molecule has 0 saturated heterocycles. The fourth-order valence-electron chi connectivity index (χ4n) is 2.86. The van der Waals surface area contributed by atoms with Crippen LogP contribution >= 0.6 is 11.8 Å². The Morgan fingerprint density at radius 2 is 1.90 bits per heavy atom. The molecule has 0 saturated carbocycles. The molecule has 0 spiro atoms. The summed E-state index contributed by atoms with van der Waals surface area (Å²) in [6.07, 6.45) is 8.85. The summed E-state index contributed by atoms with van der Waals surface area (Å²) in [6.45, 7) is 6.84. The van der Waals surface area contributed by atoms with Crippen molar-refractivity contribution < 1.29 is 9.53 Å². The Morgan fingerprint density at radius 3 is 2.53 bits per heavy atom. The Bertz CT molecular complexity index is 925. The van der Waals surface area contributed by atoms with Crippen LogP contribution in [0.5, 0.6) is 5.75 Å². The van der Waals surface area contributed by atoms with Crippen LogP contribution in [0.3, 0.4) is 0 Å². The van der Waals surface area contributed by atoms with Crippen LogP contribution in [0.15, 0.2) is 53.7 Å². The standard InChI is InChI=1S/C21H26N6O2S/c1-20(2,3)15-5-7-17(8-6-15)29-12-16-11-21(30-4,9-10-23-16)27-19(28)26-18-24-13-22-14-25-18/h5-8,10-11,13-14H,9,12H2,1-4H3,(H2,22,24,25,26,27,28). The van der Waals surface area contributed by atoms with E-state index in [9.17, 15) is 4.79 Å². The van der Waals surface area contributed by atoms with E-state index in [1.165, 1.54) is 30.0 Å². The first-order valence-corrected chi connectivity index (χ1v) is 10.8. The number of carbonyl (C=O) groups excluding carboxylic acids is 1. The number of benzene rings is 1. The number of nitrogens with zero attached hydrogens (tertiary/aromatic N) is 4. The van der Waals surface area contributed by atoms with Crippen LogP contribution in [-0.2, 0) is 5.41 Å². The highest BCUT2D eigenvalue weighted by atomic mass is 32.2. The van der Waals surface area contributed by atoms with E-state index in [-0.39, 0.29) is 11.4 Å². The van der Waals surface area contributed by atoms with Gasteiger partial charge >= 0.3 is 6.03 Å². The molecule has 1 aromatic carbocycles. The summed E-state index contributed by atoms with van der Waals surface area (Å²) in [7, 11) is 0.